The van der Waals surface area contributed by atoms with Crippen LogP contribution in [0.2, 0.25) is 0 Å². The van der Waals surface area contributed by atoms with Crippen LogP contribution < -0.4 is 9.47 Å². The molecule has 1 heterocycles. The van der Waals surface area contributed by atoms with Crippen molar-refractivity contribution in [3.8, 4) is 35.2 Å². The highest BCUT2D eigenvalue weighted by atomic mass is 16.6. The Labute approximate surface area is 176 Å². The van der Waals surface area contributed by atoms with Crippen LogP contribution in [0.1, 0.15) is 22.3 Å². The van der Waals surface area contributed by atoms with Crippen LogP contribution in [0.15, 0.2) is 84.9 Å². The van der Waals surface area contributed by atoms with Crippen LogP contribution in [0.25, 0.3) is 10.8 Å². The summed E-state index contributed by atoms with van der Waals surface area (Å²) in [5.41, 5.74) is 3.82. The van der Waals surface area contributed by atoms with E-state index in [4.69, 9.17) is 9.47 Å². The fourth-order valence-electron chi connectivity index (χ4n) is 3.31. The first-order chi connectivity index (χ1) is 14.8. The van der Waals surface area contributed by atoms with Gasteiger partial charge in [0, 0.05) is 22.3 Å². The Morgan fingerprint density at radius 1 is 0.467 bits per heavy atom. The molecule has 0 saturated carbocycles. The Morgan fingerprint density at radius 2 is 1.00 bits per heavy atom. The SMILES string of the molecule is C(#Cc1ccc2c(c1)OCCO2)c1ccc(C#Cc2ccc3ccccc3c2)cc1. The lowest BCUT2D eigenvalue weighted by molar-refractivity contribution is 0.171. The lowest BCUT2D eigenvalue weighted by atomic mass is 10.1. The Bertz CT molecular complexity index is 1340. The molecule has 0 radical (unpaired) electrons. The van der Waals surface area contributed by atoms with Gasteiger partial charge in [0.1, 0.15) is 13.2 Å². The van der Waals surface area contributed by atoms with Crippen LogP contribution in [0.5, 0.6) is 11.5 Å². The second-order valence-electron chi connectivity index (χ2n) is 7.00. The largest absolute Gasteiger partial charge is 0.486 e. The van der Waals surface area contributed by atoms with Crippen molar-refractivity contribution in [3.05, 3.63) is 107 Å². The van der Waals surface area contributed by atoms with Crippen LogP contribution in [-0.4, -0.2) is 13.2 Å². The molecule has 2 nitrogen and oxygen atoms in total. The van der Waals surface area contributed by atoms with Gasteiger partial charge in [-0.05, 0) is 65.4 Å². The van der Waals surface area contributed by atoms with Crippen LogP contribution in [0, 0.1) is 23.7 Å². The van der Waals surface area contributed by atoms with E-state index >= 15 is 0 Å². The van der Waals surface area contributed by atoms with Gasteiger partial charge in [-0.3, -0.25) is 0 Å². The van der Waals surface area contributed by atoms with Crippen molar-refractivity contribution in [2.75, 3.05) is 13.2 Å². The highest BCUT2D eigenvalue weighted by molar-refractivity contribution is 5.83. The molecule has 4 aromatic carbocycles. The van der Waals surface area contributed by atoms with Gasteiger partial charge < -0.3 is 9.47 Å². The average molecular weight is 386 g/mol. The molecule has 0 amide bonds. The first kappa shape index (κ1) is 17.9. The number of rotatable bonds is 0. The summed E-state index contributed by atoms with van der Waals surface area (Å²) in [4.78, 5) is 0. The molecule has 0 aromatic heterocycles. The van der Waals surface area contributed by atoms with Crippen molar-refractivity contribution in [1.29, 1.82) is 0 Å². The topological polar surface area (TPSA) is 18.5 Å². The summed E-state index contributed by atoms with van der Waals surface area (Å²) < 4.78 is 11.2. The minimum absolute atomic E-state index is 0.575. The quantitative estimate of drug-likeness (QED) is 0.376. The van der Waals surface area contributed by atoms with Crippen LogP contribution >= 0.6 is 0 Å². The van der Waals surface area contributed by atoms with E-state index in [2.05, 4.69) is 54.0 Å². The smallest absolute Gasteiger partial charge is 0.162 e. The molecule has 5 rings (SSSR count). The van der Waals surface area contributed by atoms with Crippen LogP contribution in [0.4, 0.5) is 0 Å². The summed E-state index contributed by atoms with van der Waals surface area (Å²) in [6, 6.07) is 28.4. The summed E-state index contributed by atoms with van der Waals surface area (Å²) in [5.74, 6) is 14.4. The van der Waals surface area contributed by atoms with E-state index in [1.54, 1.807) is 0 Å². The van der Waals surface area contributed by atoms with Gasteiger partial charge in [0.15, 0.2) is 11.5 Å². The first-order valence-electron chi connectivity index (χ1n) is 9.86. The van der Waals surface area contributed by atoms with Gasteiger partial charge in [-0.2, -0.15) is 0 Å². The van der Waals surface area contributed by atoms with Crippen molar-refractivity contribution in [2.45, 2.75) is 0 Å². The average Bonchev–Trinajstić information content (AvgIpc) is 2.82. The van der Waals surface area contributed by atoms with Gasteiger partial charge in [-0.1, -0.05) is 54.0 Å². The van der Waals surface area contributed by atoms with Crippen molar-refractivity contribution < 1.29 is 9.47 Å². The maximum atomic E-state index is 5.61. The van der Waals surface area contributed by atoms with Crippen LogP contribution in [0.3, 0.4) is 0 Å². The Hall–Kier alpha value is -4.14. The van der Waals surface area contributed by atoms with Crippen molar-refractivity contribution in [2.24, 2.45) is 0 Å². The van der Waals surface area contributed by atoms with Gasteiger partial charge >= 0.3 is 0 Å². The molecular weight excluding hydrogens is 368 g/mol. The number of ether oxygens (including phenoxy) is 2. The van der Waals surface area contributed by atoms with Crippen molar-refractivity contribution in [3.63, 3.8) is 0 Å². The van der Waals surface area contributed by atoms with E-state index in [0.29, 0.717) is 13.2 Å². The Balaban J connectivity index is 1.32. The molecule has 1 aliphatic heterocycles. The maximum Gasteiger partial charge on any atom is 0.162 e. The third-order valence-electron chi connectivity index (χ3n) is 4.88. The normalized spacial score (nSPS) is 11.7. The molecule has 0 N–H and O–H groups in total. The second-order valence-corrected chi connectivity index (χ2v) is 7.00. The number of fused-ring (bicyclic) bond motifs is 2. The zero-order chi connectivity index (χ0) is 20.2. The highest BCUT2D eigenvalue weighted by Crippen LogP contribution is 2.30. The predicted molar refractivity (Wildman–Crippen MR) is 120 cm³/mol. The molecule has 0 spiro atoms. The van der Waals surface area contributed by atoms with Gasteiger partial charge in [0.05, 0.1) is 0 Å². The Kier molecular flexibility index (Phi) is 4.83. The van der Waals surface area contributed by atoms with E-state index in [0.717, 1.165) is 33.8 Å². The molecule has 142 valence electrons. The summed E-state index contributed by atoms with van der Waals surface area (Å²) in [6.07, 6.45) is 0. The molecule has 0 saturated heterocycles. The maximum absolute atomic E-state index is 5.61. The van der Waals surface area contributed by atoms with Gasteiger partial charge in [-0.25, -0.2) is 0 Å². The van der Waals surface area contributed by atoms with E-state index in [1.807, 2.05) is 54.6 Å². The molecule has 2 heteroatoms. The predicted octanol–water partition coefficient (Wildman–Crippen LogP) is 5.41. The monoisotopic (exact) mass is 386 g/mol. The zero-order valence-electron chi connectivity index (χ0n) is 16.3. The van der Waals surface area contributed by atoms with E-state index < -0.39 is 0 Å². The molecule has 0 atom stereocenters. The Morgan fingerprint density at radius 3 is 1.73 bits per heavy atom. The number of hydrogen-bond donors (Lipinski definition) is 0. The minimum atomic E-state index is 0.575. The van der Waals surface area contributed by atoms with Crippen molar-refractivity contribution >= 4 is 10.8 Å². The van der Waals surface area contributed by atoms with Crippen LogP contribution in [-0.2, 0) is 0 Å². The molecule has 30 heavy (non-hydrogen) atoms. The fraction of sp³-hybridized carbons (Fsp3) is 0.0714. The first-order valence-corrected chi connectivity index (χ1v) is 9.86. The highest BCUT2D eigenvalue weighted by Gasteiger charge is 2.10. The molecular formula is C28H18O2. The summed E-state index contributed by atoms with van der Waals surface area (Å²) in [6.45, 7) is 1.17. The second kappa shape index (κ2) is 8.08. The standard InChI is InChI=1S/C28H18O2/c1-2-4-26-19-23(13-15-25(26)3-1)11-9-21-5-7-22(8-6-21)10-12-24-14-16-27-28(20-24)30-18-17-29-27/h1-8,13-16,19-20H,17-18H2. The van der Waals surface area contributed by atoms with Gasteiger partial charge in [0.2, 0.25) is 0 Å². The van der Waals surface area contributed by atoms with E-state index in [9.17, 15) is 0 Å². The lowest BCUT2D eigenvalue weighted by Crippen LogP contribution is -2.15. The van der Waals surface area contributed by atoms with Gasteiger partial charge in [0.25, 0.3) is 0 Å². The summed E-state index contributed by atoms with van der Waals surface area (Å²) in [7, 11) is 0. The molecule has 0 aliphatic carbocycles. The third kappa shape index (κ3) is 4.00. The molecule has 0 bridgehead atoms. The molecule has 0 fully saturated rings. The van der Waals surface area contributed by atoms with E-state index in [1.165, 1.54) is 10.8 Å². The minimum Gasteiger partial charge on any atom is -0.486 e. The van der Waals surface area contributed by atoms with E-state index in [-0.39, 0.29) is 0 Å². The molecule has 0 unspecified atom stereocenters. The number of hydrogen-bond acceptors (Lipinski definition) is 2. The van der Waals surface area contributed by atoms with Gasteiger partial charge in [-0.15, -0.1) is 0 Å². The third-order valence-corrected chi connectivity index (χ3v) is 4.88. The summed E-state index contributed by atoms with van der Waals surface area (Å²) in [5, 5.41) is 2.43. The number of benzene rings is 4. The zero-order valence-corrected chi connectivity index (χ0v) is 16.3. The van der Waals surface area contributed by atoms with Crippen molar-refractivity contribution in [1.82, 2.24) is 0 Å². The lowest BCUT2D eigenvalue weighted by Gasteiger charge is -2.17. The molecule has 1 aliphatic rings. The fourth-order valence-corrected chi connectivity index (χ4v) is 3.31. The summed E-state index contributed by atoms with van der Waals surface area (Å²) >= 11 is 0. The molecule has 4 aromatic rings.